The summed E-state index contributed by atoms with van der Waals surface area (Å²) in [5.74, 6) is 0.928. The number of rotatable bonds is 6. The van der Waals surface area contributed by atoms with Crippen LogP contribution in [0, 0.1) is 6.92 Å². The summed E-state index contributed by atoms with van der Waals surface area (Å²) in [6.07, 6.45) is 1.16. The van der Waals surface area contributed by atoms with Crippen molar-refractivity contribution in [3.05, 3.63) is 29.5 Å². The highest BCUT2D eigenvalue weighted by molar-refractivity contribution is 5.87. The first-order chi connectivity index (χ1) is 9.22. The van der Waals surface area contributed by atoms with Crippen molar-refractivity contribution >= 4 is 10.9 Å². The van der Waals surface area contributed by atoms with Crippen LogP contribution in [0.1, 0.15) is 31.5 Å². The zero-order valence-electron chi connectivity index (χ0n) is 12.4. The summed E-state index contributed by atoms with van der Waals surface area (Å²) in [6, 6.07) is 6.35. The maximum atomic E-state index is 5.36. The molecule has 0 fully saturated rings. The van der Waals surface area contributed by atoms with Gasteiger partial charge in [0.05, 0.1) is 7.11 Å². The van der Waals surface area contributed by atoms with Crippen molar-refractivity contribution in [1.29, 1.82) is 0 Å². The molecule has 0 radical (unpaired) electrons. The van der Waals surface area contributed by atoms with E-state index >= 15 is 0 Å². The smallest absolute Gasteiger partial charge is 0.119 e. The molecular formula is C16H24N2O. The number of ether oxygens (including phenoxy) is 1. The van der Waals surface area contributed by atoms with Gasteiger partial charge >= 0.3 is 0 Å². The minimum absolute atomic E-state index is 0.927. The average Bonchev–Trinajstić information content (AvgIpc) is 2.70. The summed E-state index contributed by atoms with van der Waals surface area (Å²) in [4.78, 5) is 0. The molecule has 3 heteroatoms. The number of nitrogens with zero attached hydrogens (tertiary/aromatic N) is 1. The van der Waals surface area contributed by atoms with Crippen LogP contribution in [0.5, 0.6) is 5.75 Å². The molecule has 0 spiro atoms. The van der Waals surface area contributed by atoms with Crippen LogP contribution < -0.4 is 10.1 Å². The SMILES string of the molecule is CCCNCc1c(C)n(CC)c2ccc(OC)cc12. The second-order valence-corrected chi connectivity index (χ2v) is 4.87. The molecule has 0 saturated carbocycles. The molecule has 2 rings (SSSR count). The molecule has 3 nitrogen and oxygen atoms in total. The summed E-state index contributed by atoms with van der Waals surface area (Å²) in [5, 5.41) is 4.81. The van der Waals surface area contributed by atoms with Crippen molar-refractivity contribution in [1.82, 2.24) is 9.88 Å². The molecule has 0 atom stereocenters. The molecule has 1 aromatic heterocycles. The number of benzene rings is 1. The predicted molar refractivity (Wildman–Crippen MR) is 80.9 cm³/mol. The van der Waals surface area contributed by atoms with Gasteiger partial charge in [0.1, 0.15) is 5.75 Å². The molecule has 0 aliphatic heterocycles. The van der Waals surface area contributed by atoms with Gasteiger partial charge in [-0.2, -0.15) is 0 Å². The molecule has 2 aromatic rings. The highest BCUT2D eigenvalue weighted by atomic mass is 16.5. The molecule has 19 heavy (non-hydrogen) atoms. The van der Waals surface area contributed by atoms with Gasteiger partial charge in [0.2, 0.25) is 0 Å². The number of nitrogens with one attached hydrogen (secondary N) is 1. The van der Waals surface area contributed by atoms with Crippen LogP contribution in [-0.2, 0) is 13.1 Å². The van der Waals surface area contributed by atoms with Gasteiger partial charge in [-0.05, 0) is 50.6 Å². The Balaban J connectivity index is 2.49. The van der Waals surface area contributed by atoms with E-state index in [1.807, 2.05) is 6.07 Å². The standard InChI is InChI=1S/C16H24N2O/c1-5-9-17-11-15-12(3)18(6-2)16-8-7-13(19-4)10-14(15)16/h7-8,10,17H,5-6,9,11H2,1-4H3. The minimum atomic E-state index is 0.927. The number of fused-ring (bicyclic) bond motifs is 1. The molecule has 1 N–H and O–H groups in total. The van der Waals surface area contributed by atoms with Crippen molar-refractivity contribution in [2.24, 2.45) is 0 Å². The number of aromatic nitrogens is 1. The summed E-state index contributed by atoms with van der Waals surface area (Å²) in [6.45, 7) is 9.58. The fraction of sp³-hybridized carbons (Fsp3) is 0.500. The lowest BCUT2D eigenvalue weighted by Crippen LogP contribution is -2.14. The van der Waals surface area contributed by atoms with E-state index in [9.17, 15) is 0 Å². The van der Waals surface area contributed by atoms with Gasteiger partial charge in [-0.15, -0.1) is 0 Å². The Bertz CT molecular complexity index is 557. The number of hydrogen-bond acceptors (Lipinski definition) is 2. The van der Waals surface area contributed by atoms with Crippen molar-refractivity contribution in [2.75, 3.05) is 13.7 Å². The van der Waals surface area contributed by atoms with Crippen LogP contribution in [0.4, 0.5) is 0 Å². The van der Waals surface area contributed by atoms with E-state index < -0.39 is 0 Å². The fourth-order valence-corrected chi connectivity index (χ4v) is 2.68. The quantitative estimate of drug-likeness (QED) is 0.805. The van der Waals surface area contributed by atoms with Gasteiger partial charge in [0.25, 0.3) is 0 Å². The fourth-order valence-electron chi connectivity index (χ4n) is 2.68. The Hall–Kier alpha value is -1.48. The van der Waals surface area contributed by atoms with Crippen LogP contribution in [0.2, 0.25) is 0 Å². The van der Waals surface area contributed by atoms with Crippen molar-refractivity contribution in [2.45, 2.75) is 40.3 Å². The van der Waals surface area contributed by atoms with Gasteiger partial charge in [-0.3, -0.25) is 0 Å². The summed E-state index contributed by atoms with van der Waals surface area (Å²) < 4.78 is 7.73. The highest BCUT2D eigenvalue weighted by Gasteiger charge is 2.13. The lowest BCUT2D eigenvalue weighted by Gasteiger charge is -2.05. The Morgan fingerprint density at radius 3 is 2.68 bits per heavy atom. The van der Waals surface area contributed by atoms with E-state index in [0.29, 0.717) is 0 Å². The Kier molecular flexibility index (Phi) is 4.48. The minimum Gasteiger partial charge on any atom is -0.497 e. The Labute approximate surface area is 115 Å². The van der Waals surface area contributed by atoms with Crippen molar-refractivity contribution < 1.29 is 4.74 Å². The lowest BCUT2D eigenvalue weighted by molar-refractivity contribution is 0.415. The normalized spacial score (nSPS) is 11.2. The lowest BCUT2D eigenvalue weighted by atomic mass is 10.1. The first-order valence-corrected chi connectivity index (χ1v) is 7.09. The second kappa shape index (κ2) is 6.11. The van der Waals surface area contributed by atoms with E-state index in [-0.39, 0.29) is 0 Å². The topological polar surface area (TPSA) is 26.2 Å². The third-order valence-electron chi connectivity index (χ3n) is 3.71. The van der Waals surface area contributed by atoms with E-state index in [1.54, 1.807) is 7.11 Å². The van der Waals surface area contributed by atoms with E-state index in [1.165, 1.54) is 22.2 Å². The first kappa shape index (κ1) is 13.9. The summed E-state index contributed by atoms with van der Waals surface area (Å²) >= 11 is 0. The van der Waals surface area contributed by atoms with Crippen molar-refractivity contribution in [3.63, 3.8) is 0 Å². The van der Waals surface area contributed by atoms with Crippen LogP contribution >= 0.6 is 0 Å². The van der Waals surface area contributed by atoms with Gasteiger partial charge < -0.3 is 14.6 Å². The molecule has 0 saturated heterocycles. The Morgan fingerprint density at radius 1 is 1.26 bits per heavy atom. The summed E-state index contributed by atoms with van der Waals surface area (Å²) in [5.41, 5.74) is 4.05. The average molecular weight is 260 g/mol. The van der Waals surface area contributed by atoms with Crippen LogP contribution in [-0.4, -0.2) is 18.2 Å². The Morgan fingerprint density at radius 2 is 2.05 bits per heavy atom. The molecule has 0 aliphatic carbocycles. The van der Waals surface area contributed by atoms with Gasteiger partial charge in [0.15, 0.2) is 0 Å². The predicted octanol–water partition coefficient (Wildman–Crippen LogP) is 3.48. The van der Waals surface area contributed by atoms with E-state index in [0.717, 1.165) is 31.8 Å². The maximum absolute atomic E-state index is 5.36. The van der Waals surface area contributed by atoms with Gasteiger partial charge in [-0.1, -0.05) is 6.92 Å². The molecule has 104 valence electrons. The van der Waals surface area contributed by atoms with Gasteiger partial charge in [-0.25, -0.2) is 0 Å². The number of methoxy groups -OCH3 is 1. The van der Waals surface area contributed by atoms with Crippen LogP contribution in [0.15, 0.2) is 18.2 Å². The zero-order valence-corrected chi connectivity index (χ0v) is 12.4. The van der Waals surface area contributed by atoms with Crippen LogP contribution in [0.3, 0.4) is 0 Å². The summed E-state index contributed by atoms with van der Waals surface area (Å²) in [7, 11) is 1.72. The van der Waals surface area contributed by atoms with E-state index in [4.69, 9.17) is 4.74 Å². The molecule has 1 aromatic carbocycles. The van der Waals surface area contributed by atoms with E-state index in [2.05, 4.69) is 42.8 Å². The molecule has 0 bridgehead atoms. The zero-order chi connectivity index (χ0) is 13.8. The molecule has 0 amide bonds. The maximum Gasteiger partial charge on any atom is 0.119 e. The molecular weight excluding hydrogens is 236 g/mol. The molecule has 1 heterocycles. The third-order valence-corrected chi connectivity index (χ3v) is 3.71. The highest BCUT2D eigenvalue weighted by Crippen LogP contribution is 2.29. The second-order valence-electron chi connectivity index (χ2n) is 4.87. The van der Waals surface area contributed by atoms with Crippen molar-refractivity contribution in [3.8, 4) is 5.75 Å². The number of aryl methyl sites for hydroxylation is 1. The molecule has 0 unspecified atom stereocenters. The third kappa shape index (κ3) is 2.61. The van der Waals surface area contributed by atoms with Crippen LogP contribution in [0.25, 0.3) is 10.9 Å². The largest absolute Gasteiger partial charge is 0.497 e. The monoisotopic (exact) mass is 260 g/mol. The molecule has 0 aliphatic rings. The van der Waals surface area contributed by atoms with Gasteiger partial charge in [0, 0.05) is 29.7 Å². The first-order valence-electron chi connectivity index (χ1n) is 7.09. The number of hydrogen-bond donors (Lipinski definition) is 1.